The fourth-order valence-corrected chi connectivity index (χ4v) is 3.80. The van der Waals surface area contributed by atoms with Gasteiger partial charge in [-0.05, 0) is 42.5 Å². The summed E-state index contributed by atoms with van der Waals surface area (Å²) in [6, 6.07) is 13.2. The molecular weight excluding hydrogens is 310 g/mol. The molecular formula is C20H23N5. The van der Waals surface area contributed by atoms with Gasteiger partial charge in [0.25, 0.3) is 0 Å². The molecule has 5 nitrogen and oxygen atoms in total. The molecule has 1 aliphatic carbocycles. The van der Waals surface area contributed by atoms with Crippen LogP contribution in [0, 0.1) is 0 Å². The van der Waals surface area contributed by atoms with Crippen molar-refractivity contribution in [3.05, 3.63) is 71.3 Å². The standard InChI is InChI=1S/C20H23N5/c1-3-25-19(13-15-7-6-12-21-14-15)22-23-20(25)24(2)18-11-10-16-8-4-5-9-17(16)18/h4-9,12,14,18H,3,10-11,13H2,1-2H3. The maximum absolute atomic E-state index is 4.52. The normalized spacial score (nSPS) is 16.0. The second kappa shape index (κ2) is 6.67. The summed E-state index contributed by atoms with van der Waals surface area (Å²) in [4.78, 5) is 6.49. The molecule has 5 heteroatoms. The maximum Gasteiger partial charge on any atom is 0.227 e. The summed E-state index contributed by atoms with van der Waals surface area (Å²) >= 11 is 0. The Balaban J connectivity index is 1.63. The molecule has 4 rings (SSSR count). The fraction of sp³-hybridized carbons (Fsp3) is 0.350. The van der Waals surface area contributed by atoms with Crippen LogP contribution in [0.1, 0.15) is 41.9 Å². The van der Waals surface area contributed by atoms with Gasteiger partial charge in [0.15, 0.2) is 0 Å². The number of rotatable bonds is 5. The van der Waals surface area contributed by atoms with E-state index in [1.807, 2.05) is 12.3 Å². The van der Waals surface area contributed by atoms with Gasteiger partial charge in [0.1, 0.15) is 5.82 Å². The fourth-order valence-electron chi connectivity index (χ4n) is 3.80. The van der Waals surface area contributed by atoms with Crippen molar-refractivity contribution in [2.75, 3.05) is 11.9 Å². The number of benzene rings is 1. The third kappa shape index (κ3) is 2.90. The lowest BCUT2D eigenvalue weighted by Crippen LogP contribution is -2.26. The monoisotopic (exact) mass is 333 g/mol. The van der Waals surface area contributed by atoms with Crippen LogP contribution >= 0.6 is 0 Å². The summed E-state index contributed by atoms with van der Waals surface area (Å²) in [5, 5.41) is 8.99. The number of hydrogen-bond acceptors (Lipinski definition) is 4. The molecule has 0 radical (unpaired) electrons. The van der Waals surface area contributed by atoms with Crippen LogP contribution in [0.15, 0.2) is 48.8 Å². The summed E-state index contributed by atoms with van der Waals surface area (Å²) in [7, 11) is 2.14. The predicted molar refractivity (Wildman–Crippen MR) is 98.6 cm³/mol. The van der Waals surface area contributed by atoms with Crippen LogP contribution in [-0.2, 0) is 19.4 Å². The third-order valence-electron chi connectivity index (χ3n) is 5.09. The van der Waals surface area contributed by atoms with Crippen LogP contribution in [0.2, 0.25) is 0 Å². The zero-order valence-electron chi connectivity index (χ0n) is 14.8. The third-order valence-corrected chi connectivity index (χ3v) is 5.09. The number of hydrogen-bond donors (Lipinski definition) is 0. The van der Waals surface area contributed by atoms with Crippen LogP contribution in [0.25, 0.3) is 0 Å². The first-order chi connectivity index (χ1) is 12.3. The maximum atomic E-state index is 4.52. The summed E-state index contributed by atoms with van der Waals surface area (Å²) in [6.07, 6.45) is 6.71. The van der Waals surface area contributed by atoms with Crippen LogP contribution in [0.4, 0.5) is 5.95 Å². The summed E-state index contributed by atoms with van der Waals surface area (Å²) in [5.74, 6) is 1.94. The molecule has 128 valence electrons. The molecule has 0 spiro atoms. The van der Waals surface area contributed by atoms with Crippen molar-refractivity contribution in [3.8, 4) is 0 Å². The molecule has 0 amide bonds. The van der Waals surface area contributed by atoms with Gasteiger partial charge in [-0.15, -0.1) is 10.2 Å². The van der Waals surface area contributed by atoms with Gasteiger partial charge in [0, 0.05) is 32.4 Å². The first-order valence-electron chi connectivity index (χ1n) is 8.89. The average Bonchev–Trinajstić information content (AvgIpc) is 3.26. The van der Waals surface area contributed by atoms with Crippen molar-refractivity contribution in [1.82, 2.24) is 19.7 Å². The lowest BCUT2D eigenvalue weighted by atomic mass is 10.1. The van der Waals surface area contributed by atoms with Gasteiger partial charge < -0.3 is 4.90 Å². The number of aromatic nitrogens is 4. The van der Waals surface area contributed by atoms with Crippen molar-refractivity contribution in [2.24, 2.45) is 0 Å². The zero-order chi connectivity index (χ0) is 17.2. The number of nitrogens with zero attached hydrogens (tertiary/aromatic N) is 5. The van der Waals surface area contributed by atoms with Crippen LogP contribution in [-0.4, -0.2) is 26.8 Å². The Morgan fingerprint density at radius 1 is 1.16 bits per heavy atom. The summed E-state index contributed by atoms with van der Waals surface area (Å²) in [5.41, 5.74) is 4.03. The molecule has 0 bridgehead atoms. The minimum Gasteiger partial charge on any atom is -0.337 e. The van der Waals surface area contributed by atoms with E-state index >= 15 is 0 Å². The second-order valence-electron chi connectivity index (χ2n) is 6.56. The van der Waals surface area contributed by atoms with Crippen molar-refractivity contribution in [3.63, 3.8) is 0 Å². The Labute approximate surface area is 148 Å². The quantitative estimate of drug-likeness (QED) is 0.718. The molecule has 1 atom stereocenters. The van der Waals surface area contributed by atoms with E-state index in [2.05, 4.69) is 69.0 Å². The number of aryl methyl sites for hydroxylation is 1. The molecule has 0 aliphatic heterocycles. The van der Waals surface area contributed by atoms with E-state index in [0.29, 0.717) is 6.04 Å². The van der Waals surface area contributed by atoms with E-state index in [0.717, 1.165) is 43.1 Å². The molecule has 3 aromatic rings. The molecule has 0 fully saturated rings. The number of anilines is 1. The lowest BCUT2D eigenvalue weighted by Gasteiger charge is -2.26. The number of fused-ring (bicyclic) bond motifs is 1. The largest absolute Gasteiger partial charge is 0.337 e. The topological polar surface area (TPSA) is 46.8 Å². The van der Waals surface area contributed by atoms with E-state index in [9.17, 15) is 0 Å². The Hall–Kier alpha value is -2.69. The highest BCUT2D eigenvalue weighted by atomic mass is 15.4. The summed E-state index contributed by atoms with van der Waals surface area (Å²) in [6.45, 7) is 3.01. The highest BCUT2D eigenvalue weighted by Crippen LogP contribution is 2.36. The van der Waals surface area contributed by atoms with Gasteiger partial charge in [0.05, 0.1) is 6.04 Å². The Morgan fingerprint density at radius 2 is 2.04 bits per heavy atom. The highest BCUT2D eigenvalue weighted by molar-refractivity contribution is 5.43. The summed E-state index contributed by atoms with van der Waals surface area (Å²) < 4.78 is 2.22. The van der Waals surface area contributed by atoms with Gasteiger partial charge >= 0.3 is 0 Å². The van der Waals surface area contributed by atoms with Crippen molar-refractivity contribution in [1.29, 1.82) is 0 Å². The van der Waals surface area contributed by atoms with Crippen LogP contribution in [0.5, 0.6) is 0 Å². The van der Waals surface area contributed by atoms with Gasteiger partial charge in [0.2, 0.25) is 5.95 Å². The van der Waals surface area contributed by atoms with Gasteiger partial charge in [-0.3, -0.25) is 9.55 Å². The molecule has 0 N–H and O–H groups in total. The van der Waals surface area contributed by atoms with E-state index in [1.54, 1.807) is 6.20 Å². The second-order valence-corrected chi connectivity index (χ2v) is 6.56. The van der Waals surface area contributed by atoms with E-state index < -0.39 is 0 Å². The van der Waals surface area contributed by atoms with Gasteiger partial charge in [-0.25, -0.2) is 0 Å². The van der Waals surface area contributed by atoms with Crippen molar-refractivity contribution < 1.29 is 0 Å². The molecule has 25 heavy (non-hydrogen) atoms. The van der Waals surface area contributed by atoms with E-state index in [1.165, 1.54) is 11.1 Å². The van der Waals surface area contributed by atoms with E-state index in [-0.39, 0.29) is 0 Å². The smallest absolute Gasteiger partial charge is 0.227 e. The minimum absolute atomic E-state index is 0.372. The Morgan fingerprint density at radius 3 is 2.84 bits per heavy atom. The molecule has 1 unspecified atom stereocenters. The van der Waals surface area contributed by atoms with Crippen LogP contribution in [0.3, 0.4) is 0 Å². The molecule has 0 saturated carbocycles. The number of pyridine rings is 1. The average molecular weight is 333 g/mol. The molecule has 2 heterocycles. The molecule has 1 aliphatic rings. The highest BCUT2D eigenvalue weighted by Gasteiger charge is 2.28. The first-order valence-corrected chi connectivity index (χ1v) is 8.89. The molecule has 2 aromatic heterocycles. The Bertz CT molecular complexity index is 856. The molecule has 0 saturated heterocycles. The lowest BCUT2D eigenvalue weighted by molar-refractivity contribution is 0.615. The Kier molecular flexibility index (Phi) is 4.22. The first kappa shape index (κ1) is 15.8. The van der Waals surface area contributed by atoms with Crippen molar-refractivity contribution >= 4 is 5.95 Å². The van der Waals surface area contributed by atoms with Crippen LogP contribution < -0.4 is 4.90 Å². The zero-order valence-corrected chi connectivity index (χ0v) is 14.8. The van der Waals surface area contributed by atoms with E-state index in [4.69, 9.17) is 0 Å². The molecule has 1 aromatic carbocycles. The minimum atomic E-state index is 0.372. The SMILES string of the molecule is CCn1c(Cc2cccnc2)nnc1N(C)C1CCc2ccccc21. The van der Waals surface area contributed by atoms with Gasteiger partial charge in [-0.1, -0.05) is 30.3 Å². The van der Waals surface area contributed by atoms with Gasteiger partial charge in [-0.2, -0.15) is 0 Å². The predicted octanol–water partition coefficient (Wildman–Crippen LogP) is 3.41. The van der Waals surface area contributed by atoms with Crippen molar-refractivity contribution in [2.45, 2.75) is 38.8 Å².